The van der Waals surface area contributed by atoms with Crippen LogP contribution in [0.5, 0.6) is 0 Å². The van der Waals surface area contributed by atoms with Crippen molar-refractivity contribution in [2.75, 3.05) is 13.2 Å². The van der Waals surface area contributed by atoms with E-state index in [2.05, 4.69) is 15.4 Å². The number of rotatable bonds is 4. The molecule has 3 heterocycles. The van der Waals surface area contributed by atoms with Gasteiger partial charge in [-0.05, 0) is 19.9 Å². The van der Waals surface area contributed by atoms with Crippen LogP contribution in [-0.4, -0.2) is 56.8 Å². The molecular weight excluding hydrogens is 288 g/mol. The highest BCUT2D eigenvalue weighted by Crippen LogP contribution is 2.24. The Hall–Kier alpha value is -2.03. The fourth-order valence-electron chi connectivity index (χ4n) is 2.42. The monoisotopic (exact) mass is 306 g/mol. The summed E-state index contributed by atoms with van der Waals surface area (Å²) in [5.41, 5.74) is 0.918. The van der Waals surface area contributed by atoms with Gasteiger partial charge in [0.1, 0.15) is 11.8 Å². The average Bonchev–Trinajstić information content (AvgIpc) is 3.10. The number of aliphatic hydroxyl groups is 1. The highest BCUT2D eigenvalue weighted by molar-refractivity contribution is 5.93. The first-order valence-electron chi connectivity index (χ1n) is 7.02. The zero-order valence-corrected chi connectivity index (χ0v) is 12.4. The molecule has 2 atom stereocenters. The molecular formula is C14H18N4O4. The van der Waals surface area contributed by atoms with Gasteiger partial charge in [-0.15, -0.1) is 0 Å². The average molecular weight is 306 g/mol. The van der Waals surface area contributed by atoms with Crippen molar-refractivity contribution in [3.05, 3.63) is 30.2 Å². The second-order valence-electron chi connectivity index (χ2n) is 5.56. The van der Waals surface area contributed by atoms with E-state index < -0.39 is 17.9 Å². The normalized spacial score (nSPS) is 21.9. The molecule has 22 heavy (non-hydrogen) atoms. The summed E-state index contributed by atoms with van der Waals surface area (Å²) < 4.78 is 12.6. The van der Waals surface area contributed by atoms with Gasteiger partial charge in [-0.25, -0.2) is 9.50 Å². The SMILES string of the molecule is CC1(C)OC[C@H]([C@@H](CO)NC(=O)c2ccnc3ccnn23)O1. The Labute approximate surface area is 127 Å². The molecule has 0 radical (unpaired) electrons. The van der Waals surface area contributed by atoms with Crippen molar-refractivity contribution in [2.24, 2.45) is 0 Å². The van der Waals surface area contributed by atoms with Gasteiger partial charge < -0.3 is 19.9 Å². The summed E-state index contributed by atoms with van der Waals surface area (Å²) >= 11 is 0. The Kier molecular flexibility index (Phi) is 3.81. The van der Waals surface area contributed by atoms with Crippen LogP contribution in [0.3, 0.4) is 0 Å². The minimum atomic E-state index is -0.714. The summed E-state index contributed by atoms with van der Waals surface area (Å²) in [6.45, 7) is 3.65. The number of ether oxygens (including phenoxy) is 2. The minimum absolute atomic E-state index is 0.247. The maximum absolute atomic E-state index is 12.4. The number of carbonyl (C=O) groups is 1. The van der Waals surface area contributed by atoms with Crippen LogP contribution in [0.4, 0.5) is 0 Å². The predicted molar refractivity (Wildman–Crippen MR) is 76.2 cm³/mol. The molecule has 1 saturated heterocycles. The van der Waals surface area contributed by atoms with Crippen molar-refractivity contribution in [1.82, 2.24) is 19.9 Å². The van der Waals surface area contributed by atoms with E-state index >= 15 is 0 Å². The molecule has 0 bridgehead atoms. The molecule has 1 amide bonds. The number of aromatic nitrogens is 3. The number of nitrogens with one attached hydrogen (secondary N) is 1. The first-order valence-corrected chi connectivity index (χ1v) is 7.02. The molecule has 2 N–H and O–H groups in total. The fraction of sp³-hybridized carbons (Fsp3) is 0.500. The van der Waals surface area contributed by atoms with Crippen LogP contribution in [0.25, 0.3) is 5.65 Å². The van der Waals surface area contributed by atoms with Crippen LogP contribution in [0, 0.1) is 0 Å². The van der Waals surface area contributed by atoms with Gasteiger partial charge in [0.25, 0.3) is 5.91 Å². The third-order valence-corrected chi connectivity index (χ3v) is 3.52. The topological polar surface area (TPSA) is 98.0 Å². The molecule has 0 aromatic carbocycles. The van der Waals surface area contributed by atoms with E-state index in [1.54, 1.807) is 32.2 Å². The van der Waals surface area contributed by atoms with Gasteiger partial charge in [-0.3, -0.25) is 4.79 Å². The first-order chi connectivity index (χ1) is 10.5. The van der Waals surface area contributed by atoms with Crippen LogP contribution in [0.1, 0.15) is 24.3 Å². The number of nitrogens with zero attached hydrogens (tertiary/aromatic N) is 3. The molecule has 1 aliphatic heterocycles. The fourth-order valence-corrected chi connectivity index (χ4v) is 2.42. The summed E-state index contributed by atoms with van der Waals surface area (Å²) in [5, 5.41) is 16.4. The van der Waals surface area contributed by atoms with Crippen molar-refractivity contribution in [3.63, 3.8) is 0 Å². The Bertz CT molecular complexity index is 684. The summed E-state index contributed by atoms with van der Waals surface area (Å²) in [6, 6.07) is 2.71. The zero-order chi connectivity index (χ0) is 15.7. The molecule has 0 spiro atoms. The van der Waals surface area contributed by atoms with E-state index in [-0.39, 0.29) is 12.5 Å². The Morgan fingerprint density at radius 3 is 3.05 bits per heavy atom. The molecule has 8 nitrogen and oxygen atoms in total. The second kappa shape index (κ2) is 5.64. The highest BCUT2D eigenvalue weighted by atomic mass is 16.7. The molecule has 0 unspecified atom stereocenters. The molecule has 0 saturated carbocycles. The van der Waals surface area contributed by atoms with Gasteiger partial charge in [0.2, 0.25) is 0 Å². The van der Waals surface area contributed by atoms with E-state index in [1.165, 1.54) is 10.7 Å². The van der Waals surface area contributed by atoms with Gasteiger partial charge in [0.15, 0.2) is 11.4 Å². The van der Waals surface area contributed by atoms with Crippen molar-refractivity contribution < 1.29 is 19.4 Å². The van der Waals surface area contributed by atoms with E-state index in [0.29, 0.717) is 17.9 Å². The van der Waals surface area contributed by atoms with Crippen LogP contribution in [-0.2, 0) is 9.47 Å². The number of hydrogen-bond donors (Lipinski definition) is 2. The smallest absolute Gasteiger partial charge is 0.270 e. The molecule has 2 aromatic rings. The predicted octanol–water partition coefficient (Wildman–Crippen LogP) is -0.0285. The van der Waals surface area contributed by atoms with Crippen molar-refractivity contribution in [3.8, 4) is 0 Å². The van der Waals surface area contributed by atoms with Crippen LogP contribution in [0.15, 0.2) is 24.5 Å². The quantitative estimate of drug-likeness (QED) is 0.823. The number of carbonyl (C=O) groups excluding carboxylic acids is 1. The molecule has 0 aliphatic carbocycles. The number of aliphatic hydroxyl groups excluding tert-OH is 1. The maximum Gasteiger partial charge on any atom is 0.270 e. The van der Waals surface area contributed by atoms with Crippen LogP contribution in [0.2, 0.25) is 0 Å². The van der Waals surface area contributed by atoms with Crippen LogP contribution >= 0.6 is 0 Å². The van der Waals surface area contributed by atoms with E-state index in [4.69, 9.17) is 9.47 Å². The Balaban J connectivity index is 1.76. The minimum Gasteiger partial charge on any atom is -0.394 e. The van der Waals surface area contributed by atoms with Crippen molar-refractivity contribution in [2.45, 2.75) is 31.8 Å². The Morgan fingerprint density at radius 1 is 1.55 bits per heavy atom. The van der Waals surface area contributed by atoms with E-state index in [0.717, 1.165) is 0 Å². The van der Waals surface area contributed by atoms with Gasteiger partial charge in [0.05, 0.1) is 25.5 Å². The highest BCUT2D eigenvalue weighted by Gasteiger charge is 2.38. The van der Waals surface area contributed by atoms with E-state index in [1.807, 2.05) is 0 Å². The standard InChI is InChI=1S/C14H18N4O4/c1-14(2)21-8-11(22-14)9(7-19)17-13(20)10-3-5-15-12-4-6-16-18(10)12/h3-6,9,11,19H,7-8H2,1-2H3,(H,17,20)/t9-,11-/m1/s1. The second-order valence-corrected chi connectivity index (χ2v) is 5.56. The lowest BCUT2D eigenvalue weighted by Gasteiger charge is -2.23. The third-order valence-electron chi connectivity index (χ3n) is 3.52. The first kappa shape index (κ1) is 14.9. The Morgan fingerprint density at radius 2 is 2.36 bits per heavy atom. The lowest BCUT2D eigenvalue weighted by atomic mass is 10.1. The number of amides is 1. The summed E-state index contributed by atoms with van der Waals surface area (Å²) in [6.07, 6.45) is 2.70. The van der Waals surface area contributed by atoms with Gasteiger partial charge in [-0.1, -0.05) is 0 Å². The van der Waals surface area contributed by atoms with Gasteiger partial charge >= 0.3 is 0 Å². The largest absolute Gasteiger partial charge is 0.394 e. The maximum atomic E-state index is 12.4. The van der Waals surface area contributed by atoms with Crippen molar-refractivity contribution >= 4 is 11.6 Å². The molecule has 8 heteroatoms. The molecule has 1 fully saturated rings. The van der Waals surface area contributed by atoms with Gasteiger partial charge in [0, 0.05) is 12.3 Å². The van der Waals surface area contributed by atoms with Crippen LogP contribution < -0.4 is 5.32 Å². The molecule has 3 rings (SSSR count). The number of hydrogen-bond acceptors (Lipinski definition) is 6. The summed E-state index contributed by atoms with van der Waals surface area (Å²) in [5.74, 6) is -1.07. The zero-order valence-electron chi connectivity index (χ0n) is 12.4. The molecule has 118 valence electrons. The lowest BCUT2D eigenvalue weighted by molar-refractivity contribution is -0.142. The number of fused-ring (bicyclic) bond motifs is 1. The molecule has 1 aliphatic rings. The summed E-state index contributed by atoms with van der Waals surface area (Å²) in [4.78, 5) is 16.5. The molecule has 2 aromatic heterocycles. The van der Waals surface area contributed by atoms with Gasteiger partial charge in [-0.2, -0.15) is 5.10 Å². The van der Waals surface area contributed by atoms with Crippen molar-refractivity contribution in [1.29, 1.82) is 0 Å². The third kappa shape index (κ3) is 2.80. The summed E-state index contributed by atoms with van der Waals surface area (Å²) in [7, 11) is 0. The van der Waals surface area contributed by atoms with E-state index in [9.17, 15) is 9.90 Å². The lowest BCUT2D eigenvalue weighted by Crippen LogP contribution is -2.47.